The Morgan fingerprint density at radius 3 is 2.25 bits per heavy atom. The van der Waals surface area contributed by atoms with Gasteiger partial charge >= 0.3 is 0 Å². The van der Waals surface area contributed by atoms with Crippen LogP contribution in [-0.2, 0) is 20.6 Å². The second kappa shape index (κ2) is 8.09. The molecule has 0 atom stereocenters. The van der Waals surface area contributed by atoms with E-state index in [4.69, 9.17) is 0 Å². The highest BCUT2D eigenvalue weighted by Gasteiger charge is 2.28. The fourth-order valence-corrected chi connectivity index (χ4v) is 4.15. The Bertz CT molecular complexity index is 638. The van der Waals surface area contributed by atoms with Gasteiger partial charge in [-0.15, -0.1) is 0 Å². The number of benzene rings is 1. The van der Waals surface area contributed by atoms with Gasteiger partial charge in [0.2, 0.25) is 15.9 Å². The lowest BCUT2D eigenvalue weighted by Gasteiger charge is -2.34. The van der Waals surface area contributed by atoms with Gasteiger partial charge in [0, 0.05) is 39.3 Å². The third-order valence-electron chi connectivity index (χ3n) is 4.44. The molecule has 2 rings (SSSR count). The van der Waals surface area contributed by atoms with Crippen molar-refractivity contribution in [2.24, 2.45) is 0 Å². The number of sulfonamides is 1. The molecule has 0 radical (unpaired) electrons. The van der Waals surface area contributed by atoms with Crippen LogP contribution in [0, 0.1) is 0 Å². The summed E-state index contributed by atoms with van der Waals surface area (Å²) in [5, 5.41) is 0. The van der Waals surface area contributed by atoms with Crippen molar-refractivity contribution in [1.82, 2.24) is 14.1 Å². The van der Waals surface area contributed by atoms with E-state index in [9.17, 15) is 13.2 Å². The van der Waals surface area contributed by atoms with E-state index in [2.05, 4.69) is 0 Å². The zero-order valence-electron chi connectivity index (χ0n) is 14.7. The van der Waals surface area contributed by atoms with Crippen LogP contribution in [0.3, 0.4) is 0 Å². The molecule has 1 aliphatic heterocycles. The van der Waals surface area contributed by atoms with Crippen LogP contribution in [-0.4, -0.2) is 74.2 Å². The molecule has 0 aliphatic carbocycles. The molecule has 0 N–H and O–H groups in total. The van der Waals surface area contributed by atoms with Gasteiger partial charge in [-0.3, -0.25) is 9.69 Å². The summed E-state index contributed by atoms with van der Waals surface area (Å²) >= 11 is 0. The van der Waals surface area contributed by atoms with Crippen molar-refractivity contribution in [3.8, 4) is 0 Å². The van der Waals surface area contributed by atoms with Gasteiger partial charge < -0.3 is 4.90 Å². The van der Waals surface area contributed by atoms with Crippen molar-refractivity contribution in [3.63, 3.8) is 0 Å². The number of piperazine rings is 1. The van der Waals surface area contributed by atoms with Crippen LogP contribution in [0.5, 0.6) is 0 Å². The van der Waals surface area contributed by atoms with Gasteiger partial charge in [0.25, 0.3) is 0 Å². The molecule has 0 aromatic heterocycles. The van der Waals surface area contributed by atoms with Gasteiger partial charge in [0.15, 0.2) is 0 Å². The molecular formula is C17H27N3O3S. The standard InChI is InChI=1S/C17H27N3O3S/c1-15(2)18(3)17(21)13-19-9-11-20(12-10-19)24(22,23)14-16-7-5-4-6-8-16/h4-8,15H,9-14H2,1-3H3. The summed E-state index contributed by atoms with van der Waals surface area (Å²) in [6, 6.07) is 9.40. The minimum absolute atomic E-state index is 0.0306. The van der Waals surface area contributed by atoms with Gasteiger partial charge in [0.05, 0.1) is 12.3 Å². The Morgan fingerprint density at radius 1 is 1.12 bits per heavy atom. The number of hydrogen-bond donors (Lipinski definition) is 0. The Kier molecular flexibility index (Phi) is 6.37. The van der Waals surface area contributed by atoms with Crippen molar-refractivity contribution in [3.05, 3.63) is 35.9 Å². The molecule has 7 heteroatoms. The molecule has 6 nitrogen and oxygen atoms in total. The molecule has 0 spiro atoms. The predicted molar refractivity (Wildman–Crippen MR) is 95.0 cm³/mol. The van der Waals surface area contributed by atoms with Crippen molar-refractivity contribution in [1.29, 1.82) is 0 Å². The van der Waals surface area contributed by atoms with Crippen LogP contribution >= 0.6 is 0 Å². The Hall–Kier alpha value is -1.44. The first-order chi connectivity index (χ1) is 11.3. The van der Waals surface area contributed by atoms with E-state index in [1.807, 2.05) is 49.1 Å². The third kappa shape index (κ3) is 5.03. The molecule has 1 aromatic rings. The van der Waals surface area contributed by atoms with E-state index >= 15 is 0 Å². The highest BCUT2D eigenvalue weighted by Crippen LogP contribution is 2.13. The molecule has 0 unspecified atom stereocenters. The molecule has 0 saturated carbocycles. The van der Waals surface area contributed by atoms with Gasteiger partial charge in [-0.2, -0.15) is 4.31 Å². The Balaban J connectivity index is 1.87. The molecular weight excluding hydrogens is 326 g/mol. The minimum Gasteiger partial charge on any atom is -0.342 e. The molecule has 0 bridgehead atoms. The van der Waals surface area contributed by atoms with E-state index < -0.39 is 10.0 Å². The normalized spacial score (nSPS) is 17.2. The summed E-state index contributed by atoms with van der Waals surface area (Å²) in [6.45, 7) is 6.36. The fourth-order valence-electron chi connectivity index (χ4n) is 2.63. The van der Waals surface area contributed by atoms with E-state index in [0.717, 1.165) is 5.56 Å². The highest BCUT2D eigenvalue weighted by atomic mass is 32.2. The number of hydrogen-bond acceptors (Lipinski definition) is 4. The third-order valence-corrected chi connectivity index (χ3v) is 6.29. The van der Waals surface area contributed by atoms with Crippen molar-refractivity contribution in [2.45, 2.75) is 25.6 Å². The van der Waals surface area contributed by atoms with E-state index in [1.54, 1.807) is 11.9 Å². The quantitative estimate of drug-likeness (QED) is 0.766. The lowest BCUT2D eigenvalue weighted by atomic mass is 10.2. The van der Waals surface area contributed by atoms with Crippen LogP contribution in [0.4, 0.5) is 0 Å². The van der Waals surface area contributed by atoms with Crippen molar-refractivity contribution >= 4 is 15.9 Å². The predicted octanol–water partition coefficient (Wildman–Crippen LogP) is 1.00. The number of rotatable bonds is 6. The minimum atomic E-state index is -3.31. The average Bonchev–Trinajstić information content (AvgIpc) is 2.55. The fraction of sp³-hybridized carbons (Fsp3) is 0.588. The van der Waals surface area contributed by atoms with Crippen LogP contribution in [0.1, 0.15) is 19.4 Å². The zero-order valence-corrected chi connectivity index (χ0v) is 15.5. The summed E-state index contributed by atoms with van der Waals surface area (Å²) in [4.78, 5) is 15.9. The first-order valence-electron chi connectivity index (χ1n) is 8.29. The molecule has 1 heterocycles. The van der Waals surface area contributed by atoms with Gasteiger partial charge in [-0.05, 0) is 19.4 Å². The average molecular weight is 353 g/mol. The maximum atomic E-state index is 12.5. The van der Waals surface area contributed by atoms with Gasteiger partial charge in [-0.1, -0.05) is 30.3 Å². The van der Waals surface area contributed by atoms with Gasteiger partial charge in [-0.25, -0.2) is 8.42 Å². The van der Waals surface area contributed by atoms with Crippen LogP contribution in [0.2, 0.25) is 0 Å². The number of likely N-dealkylation sites (N-methyl/N-ethyl adjacent to an activating group) is 1. The lowest BCUT2D eigenvalue weighted by molar-refractivity contribution is -0.132. The van der Waals surface area contributed by atoms with Crippen LogP contribution in [0.25, 0.3) is 0 Å². The molecule has 24 heavy (non-hydrogen) atoms. The largest absolute Gasteiger partial charge is 0.342 e. The topological polar surface area (TPSA) is 60.9 Å². The van der Waals surface area contributed by atoms with Crippen molar-refractivity contribution < 1.29 is 13.2 Å². The number of carbonyl (C=O) groups excluding carboxylic acids is 1. The summed E-state index contributed by atoms with van der Waals surface area (Å²) in [6.07, 6.45) is 0. The maximum Gasteiger partial charge on any atom is 0.236 e. The monoisotopic (exact) mass is 353 g/mol. The first-order valence-corrected chi connectivity index (χ1v) is 9.90. The smallest absolute Gasteiger partial charge is 0.236 e. The number of carbonyl (C=O) groups is 1. The number of nitrogens with zero attached hydrogens (tertiary/aromatic N) is 3. The van der Waals surface area contributed by atoms with Gasteiger partial charge in [0.1, 0.15) is 0 Å². The molecule has 1 amide bonds. The molecule has 1 saturated heterocycles. The van der Waals surface area contributed by atoms with E-state index in [-0.39, 0.29) is 17.7 Å². The summed E-state index contributed by atoms with van der Waals surface area (Å²) < 4.78 is 26.6. The molecule has 1 aliphatic rings. The Labute approximate surface area is 145 Å². The first kappa shape index (κ1) is 18.9. The molecule has 1 aromatic carbocycles. The van der Waals surface area contributed by atoms with E-state index in [1.165, 1.54) is 4.31 Å². The van der Waals surface area contributed by atoms with Crippen molar-refractivity contribution in [2.75, 3.05) is 39.8 Å². The second-order valence-electron chi connectivity index (χ2n) is 6.52. The summed E-state index contributed by atoms with van der Waals surface area (Å²) in [5.74, 6) is 0.105. The second-order valence-corrected chi connectivity index (χ2v) is 8.48. The molecule has 134 valence electrons. The maximum absolute atomic E-state index is 12.5. The number of amides is 1. The highest BCUT2D eigenvalue weighted by molar-refractivity contribution is 7.88. The lowest BCUT2D eigenvalue weighted by Crippen LogP contribution is -2.51. The summed E-state index contributed by atoms with van der Waals surface area (Å²) in [5.41, 5.74) is 0.800. The SMILES string of the molecule is CC(C)N(C)C(=O)CN1CCN(S(=O)(=O)Cc2ccccc2)CC1. The molecule has 1 fully saturated rings. The zero-order chi connectivity index (χ0) is 17.7. The van der Waals surface area contributed by atoms with E-state index in [0.29, 0.717) is 32.7 Å². The van der Waals surface area contributed by atoms with Crippen LogP contribution in [0.15, 0.2) is 30.3 Å². The Morgan fingerprint density at radius 2 is 1.71 bits per heavy atom. The summed E-state index contributed by atoms with van der Waals surface area (Å²) in [7, 11) is -1.51. The van der Waals surface area contributed by atoms with Crippen LogP contribution < -0.4 is 0 Å².